The summed E-state index contributed by atoms with van der Waals surface area (Å²) in [6.45, 7) is 10.3. The highest BCUT2D eigenvalue weighted by Crippen LogP contribution is 2.22. The van der Waals surface area contributed by atoms with Gasteiger partial charge in [-0.15, -0.1) is 11.3 Å². The quantitative estimate of drug-likeness (QED) is 0.526. The van der Waals surface area contributed by atoms with E-state index >= 15 is 0 Å². The molecule has 0 unspecified atom stereocenters. The largest absolute Gasteiger partial charge is 0.378 e. The Morgan fingerprint density at radius 1 is 1.12 bits per heavy atom. The smallest absolute Gasteiger partial charge is 0.256 e. The van der Waals surface area contributed by atoms with Gasteiger partial charge in [-0.25, -0.2) is 0 Å². The van der Waals surface area contributed by atoms with Crippen LogP contribution in [0.5, 0.6) is 0 Å². The summed E-state index contributed by atoms with van der Waals surface area (Å²) < 4.78 is 7.56. The van der Waals surface area contributed by atoms with Crippen LogP contribution in [0.15, 0.2) is 47.8 Å². The third-order valence-corrected chi connectivity index (χ3v) is 7.09. The first-order chi connectivity index (χ1) is 16.5. The predicted octanol–water partition coefficient (Wildman–Crippen LogP) is 4.15. The molecule has 1 fully saturated rings. The van der Waals surface area contributed by atoms with Crippen molar-refractivity contribution in [2.24, 2.45) is 0 Å². The van der Waals surface area contributed by atoms with Gasteiger partial charge in [0.1, 0.15) is 6.54 Å². The molecule has 8 heteroatoms. The number of aromatic nitrogens is 1. The van der Waals surface area contributed by atoms with Crippen molar-refractivity contribution in [3.05, 3.63) is 69.7 Å². The van der Waals surface area contributed by atoms with Gasteiger partial charge in [-0.1, -0.05) is 6.07 Å². The number of amides is 2. The highest BCUT2D eigenvalue weighted by atomic mass is 32.1. The van der Waals surface area contributed by atoms with E-state index < -0.39 is 0 Å². The molecule has 1 aromatic carbocycles. The summed E-state index contributed by atoms with van der Waals surface area (Å²) in [4.78, 5) is 31.1. The fourth-order valence-electron chi connectivity index (χ4n) is 4.27. The lowest BCUT2D eigenvalue weighted by molar-refractivity contribution is -0.116. The SMILES string of the molecule is CCN(CC(=O)Nc1ccc(N2CCOCC2)cc1)C(=O)c1cc(C)n(Cc2cccs2)c1C. The first-order valence-electron chi connectivity index (χ1n) is 11.7. The standard InChI is InChI=1S/C26H32N4O3S/c1-4-28(26(32)24-16-19(2)30(20(24)3)17-23-6-5-15-34-23)18-25(31)27-21-7-9-22(10-8-21)29-11-13-33-14-12-29/h5-10,15-16H,4,11-14,17-18H2,1-3H3,(H,27,31). The second-order valence-corrected chi connectivity index (χ2v) is 9.50. The number of carbonyl (C=O) groups is 2. The van der Waals surface area contributed by atoms with Crippen LogP contribution >= 0.6 is 11.3 Å². The number of carbonyl (C=O) groups excluding carboxylic acids is 2. The maximum Gasteiger partial charge on any atom is 0.256 e. The van der Waals surface area contributed by atoms with Crippen LogP contribution in [0.25, 0.3) is 0 Å². The van der Waals surface area contributed by atoms with E-state index in [2.05, 4.69) is 26.2 Å². The molecule has 3 heterocycles. The number of nitrogens with one attached hydrogen (secondary N) is 1. The summed E-state index contributed by atoms with van der Waals surface area (Å²) in [6, 6.07) is 13.9. The molecule has 34 heavy (non-hydrogen) atoms. The molecule has 0 aliphatic carbocycles. The second kappa shape index (κ2) is 10.9. The molecule has 3 aromatic rings. The molecule has 7 nitrogen and oxygen atoms in total. The van der Waals surface area contributed by atoms with Crippen LogP contribution in [0, 0.1) is 13.8 Å². The second-order valence-electron chi connectivity index (χ2n) is 8.46. The lowest BCUT2D eigenvalue weighted by Gasteiger charge is -2.29. The zero-order valence-corrected chi connectivity index (χ0v) is 20.9. The van der Waals surface area contributed by atoms with Crippen molar-refractivity contribution in [2.75, 3.05) is 49.6 Å². The molecule has 0 spiro atoms. The molecule has 0 saturated carbocycles. The van der Waals surface area contributed by atoms with Crippen LogP contribution in [-0.2, 0) is 16.1 Å². The number of ether oxygens (including phenoxy) is 1. The van der Waals surface area contributed by atoms with Gasteiger partial charge in [-0.2, -0.15) is 0 Å². The van der Waals surface area contributed by atoms with E-state index in [9.17, 15) is 9.59 Å². The molecule has 0 atom stereocenters. The fourth-order valence-corrected chi connectivity index (χ4v) is 4.96. The van der Waals surface area contributed by atoms with Gasteiger partial charge in [0.25, 0.3) is 5.91 Å². The highest BCUT2D eigenvalue weighted by molar-refractivity contribution is 7.09. The van der Waals surface area contributed by atoms with E-state index in [1.807, 2.05) is 57.2 Å². The van der Waals surface area contributed by atoms with E-state index in [1.165, 1.54) is 4.88 Å². The van der Waals surface area contributed by atoms with Gasteiger partial charge in [-0.05, 0) is 62.5 Å². The fraction of sp³-hybridized carbons (Fsp3) is 0.385. The van der Waals surface area contributed by atoms with Crippen molar-refractivity contribution in [2.45, 2.75) is 27.3 Å². The molecule has 1 aliphatic rings. The van der Waals surface area contributed by atoms with Crippen molar-refractivity contribution < 1.29 is 14.3 Å². The molecule has 0 bridgehead atoms. The zero-order valence-electron chi connectivity index (χ0n) is 20.0. The summed E-state index contributed by atoms with van der Waals surface area (Å²) in [5.74, 6) is -0.326. The van der Waals surface area contributed by atoms with Crippen LogP contribution in [-0.4, -0.2) is 60.7 Å². The Kier molecular flexibility index (Phi) is 7.70. The van der Waals surface area contributed by atoms with Crippen LogP contribution in [0.4, 0.5) is 11.4 Å². The van der Waals surface area contributed by atoms with Crippen molar-refractivity contribution >= 4 is 34.5 Å². The van der Waals surface area contributed by atoms with Crippen LogP contribution in [0.1, 0.15) is 33.5 Å². The van der Waals surface area contributed by atoms with E-state index in [1.54, 1.807) is 16.2 Å². The number of aryl methyl sites for hydroxylation is 1. The van der Waals surface area contributed by atoms with Gasteiger partial charge in [0.15, 0.2) is 0 Å². The molecular weight excluding hydrogens is 448 g/mol. The summed E-state index contributed by atoms with van der Waals surface area (Å²) in [5, 5.41) is 4.98. The monoisotopic (exact) mass is 480 g/mol. The lowest BCUT2D eigenvalue weighted by atomic mass is 10.2. The number of nitrogens with zero attached hydrogens (tertiary/aromatic N) is 3. The molecule has 1 aliphatic heterocycles. The number of morpholine rings is 1. The molecule has 0 radical (unpaired) electrons. The number of rotatable bonds is 8. The Morgan fingerprint density at radius 2 is 1.85 bits per heavy atom. The first kappa shape index (κ1) is 24.0. The molecule has 4 rings (SSSR count). The summed E-state index contributed by atoms with van der Waals surface area (Å²) >= 11 is 1.70. The van der Waals surface area contributed by atoms with E-state index in [0.29, 0.717) is 12.1 Å². The molecule has 1 N–H and O–H groups in total. The van der Waals surface area contributed by atoms with E-state index in [0.717, 1.165) is 55.6 Å². The minimum Gasteiger partial charge on any atom is -0.378 e. The average molecular weight is 481 g/mol. The third kappa shape index (κ3) is 5.51. The Hall–Kier alpha value is -3.10. The Balaban J connectivity index is 1.39. The van der Waals surface area contributed by atoms with Crippen LogP contribution in [0.3, 0.4) is 0 Å². The molecule has 180 valence electrons. The maximum atomic E-state index is 13.3. The number of benzene rings is 1. The normalized spacial score (nSPS) is 13.7. The van der Waals surface area contributed by atoms with Crippen molar-refractivity contribution in [1.29, 1.82) is 0 Å². The van der Waals surface area contributed by atoms with Crippen molar-refractivity contribution in [3.8, 4) is 0 Å². The average Bonchev–Trinajstić information content (AvgIpc) is 3.47. The number of likely N-dealkylation sites (N-methyl/N-ethyl adjacent to an activating group) is 1. The number of hydrogen-bond acceptors (Lipinski definition) is 5. The van der Waals surface area contributed by atoms with E-state index in [4.69, 9.17) is 4.74 Å². The molecular formula is C26H32N4O3S. The van der Waals surface area contributed by atoms with Crippen molar-refractivity contribution in [3.63, 3.8) is 0 Å². The van der Waals surface area contributed by atoms with Gasteiger partial charge in [0, 0.05) is 47.3 Å². The predicted molar refractivity (Wildman–Crippen MR) is 137 cm³/mol. The summed E-state index contributed by atoms with van der Waals surface area (Å²) in [6.07, 6.45) is 0. The summed E-state index contributed by atoms with van der Waals surface area (Å²) in [5.41, 5.74) is 4.45. The van der Waals surface area contributed by atoms with E-state index in [-0.39, 0.29) is 18.4 Å². The van der Waals surface area contributed by atoms with Gasteiger partial charge < -0.3 is 24.4 Å². The van der Waals surface area contributed by atoms with Crippen LogP contribution < -0.4 is 10.2 Å². The maximum absolute atomic E-state index is 13.3. The summed E-state index contributed by atoms with van der Waals surface area (Å²) in [7, 11) is 0. The van der Waals surface area contributed by atoms with Crippen molar-refractivity contribution in [1.82, 2.24) is 9.47 Å². The Bertz CT molecular complexity index is 1120. The number of anilines is 2. The third-order valence-electron chi connectivity index (χ3n) is 6.23. The first-order valence-corrected chi connectivity index (χ1v) is 12.5. The molecule has 1 saturated heterocycles. The van der Waals surface area contributed by atoms with Gasteiger partial charge in [0.05, 0.1) is 25.3 Å². The highest BCUT2D eigenvalue weighted by Gasteiger charge is 2.22. The minimum absolute atomic E-state index is 0.00907. The van der Waals surface area contributed by atoms with Gasteiger partial charge in [0.2, 0.25) is 5.91 Å². The lowest BCUT2D eigenvalue weighted by Crippen LogP contribution is -2.38. The molecule has 2 amide bonds. The topological polar surface area (TPSA) is 66.8 Å². The Morgan fingerprint density at radius 3 is 2.50 bits per heavy atom. The number of thiophene rings is 1. The van der Waals surface area contributed by atoms with Crippen LogP contribution in [0.2, 0.25) is 0 Å². The molecule has 2 aromatic heterocycles. The number of hydrogen-bond donors (Lipinski definition) is 1. The van der Waals surface area contributed by atoms with Gasteiger partial charge in [-0.3, -0.25) is 9.59 Å². The van der Waals surface area contributed by atoms with Gasteiger partial charge >= 0.3 is 0 Å². The Labute approximate surface area is 204 Å². The zero-order chi connectivity index (χ0) is 24.1. The minimum atomic E-state index is -0.207.